The van der Waals surface area contributed by atoms with Crippen LogP contribution in [0.1, 0.15) is 6.92 Å². The molecule has 0 N–H and O–H groups in total. The Hall–Kier alpha value is -1.59. The summed E-state index contributed by atoms with van der Waals surface area (Å²) >= 11 is 0. The standard InChI is InChI=1S/C9H7F4NO/c1-2-3-4-15-7-5(10)8(12)14-9(13)6(7)11/h2-3H,4H2,1H3. The molecule has 1 aromatic heterocycles. The van der Waals surface area contributed by atoms with Gasteiger partial charge in [-0.2, -0.15) is 22.5 Å². The first kappa shape index (κ1) is 11.5. The van der Waals surface area contributed by atoms with Crippen LogP contribution in [-0.4, -0.2) is 11.6 Å². The molecule has 0 bridgehead atoms. The summed E-state index contributed by atoms with van der Waals surface area (Å²) in [6.07, 6.45) is 2.98. The van der Waals surface area contributed by atoms with E-state index in [1.807, 2.05) is 0 Å². The number of halogens is 4. The van der Waals surface area contributed by atoms with Crippen LogP contribution in [0.15, 0.2) is 12.2 Å². The van der Waals surface area contributed by atoms with Crippen molar-refractivity contribution < 1.29 is 22.3 Å². The predicted molar refractivity (Wildman–Crippen MR) is 44.4 cm³/mol. The van der Waals surface area contributed by atoms with Gasteiger partial charge in [0, 0.05) is 0 Å². The number of aromatic nitrogens is 1. The molecule has 0 unspecified atom stereocenters. The molecule has 82 valence electrons. The van der Waals surface area contributed by atoms with Crippen LogP contribution in [0.3, 0.4) is 0 Å². The molecule has 0 saturated carbocycles. The Morgan fingerprint density at radius 2 is 1.67 bits per heavy atom. The molecule has 15 heavy (non-hydrogen) atoms. The van der Waals surface area contributed by atoms with Crippen LogP contribution in [0.5, 0.6) is 5.75 Å². The lowest BCUT2D eigenvalue weighted by atomic mass is 10.4. The van der Waals surface area contributed by atoms with Gasteiger partial charge in [-0.1, -0.05) is 12.2 Å². The normalized spacial score (nSPS) is 11.0. The van der Waals surface area contributed by atoms with E-state index >= 15 is 0 Å². The van der Waals surface area contributed by atoms with E-state index in [0.717, 1.165) is 0 Å². The highest BCUT2D eigenvalue weighted by molar-refractivity contribution is 5.24. The fourth-order valence-electron chi connectivity index (χ4n) is 0.822. The largest absolute Gasteiger partial charge is 0.483 e. The Morgan fingerprint density at radius 1 is 1.13 bits per heavy atom. The fraction of sp³-hybridized carbons (Fsp3) is 0.222. The number of pyridine rings is 1. The molecule has 0 aliphatic carbocycles. The monoisotopic (exact) mass is 221 g/mol. The van der Waals surface area contributed by atoms with E-state index < -0.39 is 29.3 Å². The second-order valence-electron chi connectivity index (χ2n) is 2.53. The topological polar surface area (TPSA) is 22.1 Å². The van der Waals surface area contributed by atoms with Crippen molar-refractivity contribution in [2.45, 2.75) is 6.92 Å². The lowest BCUT2D eigenvalue weighted by Gasteiger charge is -2.06. The zero-order valence-corrected chi connectivity index (χ0v) is 7.73. The molecule has 0 aromatic carbocycles. The van der Waals surface area contributed by atoms with Crippen molar-refractivity contribution >= 4 is 0 Å². The summed E-state index contributed by atoms with van der Waals surface area (Å²) in [6.45, 7) is 1.47. The first-order valence-corrected chi connectivity index (χ1v) is 4.01. The second kappa shape index (κ2) is 4.77. The molecule has 6 heteroatoms. The van der Waals surface area contributed by atoms with Gasteiger partial charge in [-0.05, 0) is 6.92 Å². The van der Waals surface area contributed by atoms with Gasteiger partial charge in [-0.15, -0.1) is 0 Å². The molecule has 0 atom stereocenters. The van der Waals surface area contributed by atoms with Crippen LogP contribution in [0, 0.1) is 23.5 Å². The highest BCUT2D eigenvalue weighted by Crippen LogP contribution is 2.24. The zero-order valence-electron chi connectivity index (χ0n) is 7.73. The van der Waals surface area contributed by atoms with E-state index in [1.165, 1.54) is 6.08 Å². The van der Waals surface area contributed by atoms with Gasteiger partial charge >= 0.3 is 0 Å². The van der Waals surface area contributed by atoms with E-state index in [9.17, 15) is 17.6 Å². The van der Waals surface area contributed by atoms with Crippen LogP contribution in [0.2, 0.25) is 0 Å². The van der Waals surface area contributed by atoms with E-state index in [-0.39, 0.29) is 6.61 Å². The SMILES string of the molecule is CC=CCOc1c(F)c(F)nc(F)c1F. The van der Waals surface area contributed by atoms with Gasteiger partial charge in [0.2, 0.25) is 17.4 Å². The Balaban J connectivity index is 3.04. The molecule has 0 radical (unpaired) electrons. The number of hydrogen-bond acceptors (Lipinski definition) is 2. The third-order valence-electron chi connectivity index (χ3n) is 1.52. The summed E-state index contributed by atoms with van der Waals surface area (Å²) in [5.41, 5.74) is 0. The van der Waals surface area contributed by atoms with Crippen LogP contribution < -0.4 is 4.74 Å². The van der Waals surface area contributed by atoms with Crippen molar-refractivity contribution in [3.05, 3.63) is 35.7 Å². The summed E-state index contributed by atoms with van der Waals surface area (Å²) in [4.78, 5) is 2.38. The van der Waals surface area contributed by atoms with Crippen LogP contribution in [-0.2, 0) is 0 Å². The zero-order chi connectivity index (χ0) is 11.4. The van der Waals surface area contributed by atoms with Crippen molar-refractivity contribution in [3.63, 3.8) is 0 Å². The van der Waals surface area contributed by atoms with Gasteiger partial charge in [0.05, 0.1) is 0 Å². The van der Waals surface area contributed by atoms with Crippen molar-refractivity contribution in [2.75, 3.05) is 6.61 Å². The van der Waals surface area contributed by atoms with Crippen LogP contribution in [0.4, 0.5) is 17.6 Å². The molecule has 0 aliphatic heterocycles. The minimum absolute atomic E-state index is 0.187. The van der Waals surface area contributed by atoms with Crippen molar-refractivity contribution in [2.24, 2.45) is 0 Å². The third-order valence-corrected chi connectivity index (χ3v) is 1.52. The van der Waals surface area contributed by atoms with Crippen molar-refractivity contribution in [1.82, 2.24) is 4.98 Å². The van der Waals surface area contributed by atoms with Crippen molar-refractivity contribution in [3.8, 4) is 5.75 Å². The molecule has 0 amide bonds. The van der Waals surface area contributed by atoms with Crippen LogP contribution >= 0.6 is 0 Å². The molecule has 1 aromatic rings. The molecule has 0 fully saturated rings. The summed E-state index contributed by atoms with van der Waals surface area (Å²) in [6, 6.07) is 0. The third kappa shape index (κ3) is 2.45. The molecule has 0 aliphatic rings. The van der Waals surface area contributed by atoms with Gasteiger partial charge < -0.3 is 4.74 Å². The van der Waals surface area contributed by atoms with Crippen molar-refractivity contribution in [1.29, 1.82) is 0 Å². The lowest BCUT2D eigenvalue weighted by Crippen LogP contribution is -2.06. The molecule has 0 spiro atoms. The van der Waals surface area contributed by atoms with Crippen LogP contribution in [0.25, 0.3) is 0 Å². The van der Waals surface area contributed by atoms with Gasteiger partial charge in [0.1, 0.15) is 6.61 Å². The Morgan fingerprint density at radius 3 is 2.13 bits per heavy atom. The van der Waals surface area contributed by atoms with E-state index in [2.05, 4.69) is 9.72 Å². The Labute approximate surface area is 83.2 Å². The molecular formula is C9H7F4NO. The molecule has 2 nitrogen and oxygen atoms in total. The smallest absolute Gasteiger partial charge is 0.255 e. The highest BCUT2D eigenvalue weighted by atomic mass is 19.2. The molecule has 1 rings (SSSR count). The summed E-state index contributed by atoms with van der Waals surface area (Å²) in [7, 11) is 0. The summed E-state index contributed by atoms with van der Waals surface area (Å²) in [5, 5.41) is 0. The fourth-order valence-corrected chi connectivity index (χ4v) is 0.822. The molecule has 1 heterocycles. The minimum Gasteiger partial charge on any atom is -0.483 e. The van der Waals surface area contributed by atoms with Gasteiger partial charge in [-0.3, -0.25) is 0 Å². The van der Waals surface area contributed by atoms with Gasteiger partial charge in [0.25, 0.3) is 11.9 Å². The van der Waals surface area contributed by atoms with E-state index in [1.54, 1.807) is 13.0 Å². The average Bonchev–Trinajstić information content (AvgIpc) is 2.20. The lowest BCUT2D eigenvalue weighted by molar-refractivity contribution is 0.291. The maximum Gasteiger partial charge on any atom is 0.255 e. The predicted octanol–water partition coefficient (Wildman–Crippen LogP) is 2.59. The van der Waals surface area contributed by atoms with Gasteiger partial charge in [0.15, 0.2) is 0 Å². The minimum atomic E-state index is -1.73. The molecular weight excluding hydrogens is 214 g/mol. The Kier molecular flexibility index (Phi) is 3.65. The Bertz CT molecular complexity index is 366. The number of allylic oxidation sites excluding steroid dienone is 1. The van der Waals surface area contributed by atoms with E-state index in [0.29, 0.717) is 0 Å². The first-order valence-electron chi connectivity index (χ1n) is 4.01. The first-order chi connectivity index (χ1) is 7.07. The maximum atomic E-state index is 12.9. The van der Waals surface area contributed by atoms with Gasteiger partial charge in [-0.25, -0.2) is 0 Å². The highest BCUT2D eigenvalue weighted by Gasteiger charge is 2.21. The number of nitrogens with zero attached hydrogens (tertiary/aromatic N) is 1. The molecule has 0 saturated heterocycles. The number of ether oxygens (including phenoxy) is 1. The quantitative estimate of drug-likeness (QED) is 0.444. The average molecular weight is 221 g/mol. The number of hydrogen-bond donors (Lipinski definition) is 0. The van der Waals surface area contributed by atoms with E-state index in [4.69, 9.17) is 0 Å². The summed E-state index contributed by atoms with van der Waals surface area (Å²) < 4.78 is 55.3. The number of rotatable bonds is 3. The second-order valence-corrected chi connectivity index (χ2v) is 2.53. The summed E-state index contributed by atoms with van der Waals surface area (Å²) in [5.74, 6) is -7.84. The maximum absolute atomic E-state index is 12.9.